The van der Waals surface area contributed by atoms with Crippen molar-refractivity contribution in [3.05, 3.63) is 41.6 Å². The van der Waals surface area contributed by atoms with Gasteiger partial charge in [-0.05, 0) is 68.5 Å². The minimum Gasteiger partial charge on any atom is -0.493 e. The first-order valence-corrected chi connectivity index (χ1v) is 14.4. The second-order valence-corrected chi connectivity index (χ2v) is 11.0. The Morgan fingerprint density at radius 2 is 1.37 bits per heavy atom. The second-order valence-electron chi connectivity index (χ2n) is 11.0. The Morgan fingerprint density at radius 3 is 1.90 bits per heavy atom. The van der Waals surface area contributed by atoms with Gasteiger partial charge in [-0.3, -0.25) is 9.88 Å². The number of benzene rings is 2. The fourth-order valence-electron chi connectivity index (χ4n) is 4.83. The van der Waals surface area contributed by atoms with Crippen LogP contribution in [0.15, 0.2) is 30.3 Å². The van der Waals surface area contributed by atoms with Crippen molar-refractivity contribution in [2.24, 2.45) is 11.8 Å². The fraction of sp³-hybridized carbons (Fsp3) is 0.515. The summed E-state index contributed by atoms with van der Waals surface area (Å²) in [5.41, 5.74) is 3.29. The third-order valence-corrected chi connectivity index (χ3v) is 7.14. The van der Waals surface area contributed by atoms with Crippen molar-refractivity contribution >= 4 is 16.9 Å². The molecule has 0 atom stereocenters. The predicted molar refractivity (Wildman–Crippen MR) is 164 cm³/mol. The third kappa shape index (κ3) is 7.82. The minimum atomic E-state index is -0.413. The number of hydrogen-bond acceptors (Lipinski definition) is 8. The van der Waals surface area contributed by atoms with E-state index >= 15 is 0 Å². The highest BCUT2D eigenvalue weighted by Gasteiger charge is 2.27. The molecule has 0 amide bonds. The lowest BCUT2D eigenvalue weighted by Gasteiger charge is -2.26. The first-order chi connectivity index (χ1) is 19.7. The molecule has 224 valence electrons. The molecule has 3 aromatic rings. The topological polar surface area (TPSA) is 79.4 Å². The number of carbonyl (C=O) groups excluding carboxylic acids is 1. The summed E-state index contributed by atoms with van der Waals surface area (Å²) < 4.78 is 28.0. The maximum absolute atomic E-state index is 13.8. The van der Waals surface area contributed by atoms with E-state index in [0.717, 1.165) is 36.9 Å². The molecule has 1 aromatic heterocycles. The van der Waals surface area contributed by atoms with E-state index in [1.807, 2.05) is 37.3 Å². The maximum Gasteiger partial charge on any atom is 0.340 e. The summed E-state index contributed by atoms with van der Waals surface area (Å²) in [6.07, 6.45) is 2.10. The fourth-order valence-corrected chi connectivity index (χ4v) is 4.83. The highest BCUT2D eigenvalue weighted by Crippen LogP contribution is 2.42. The lowest BCUT2D eigenvalue weighted by atomic mass is 9.93. The van der Waals surface area contributed by atoms with Crippen LogP contribution in [-0.4, -0.2) is 64.0 Å². The molecule has 0 spiro atoms. The second kappa shape index (κ2) is 14.9. The summed E-state index contributed by atoms with van der Waals surface area (Å²) in [5.74, 6) is 2.97. The zero-order chi connectivity index (χ0) is 30.1. The van der Waals surface area contributed by atoms with Gasteiger partial charge in [0.2, 0.25) is 0 Å². The van der Waals surface area contributed by atoms with E-state index < -0.39 is 5.97 Å². The molecule has 0 fully saturated rings. The standard InChI is InChI=1S/C33H46N2O6/c1-10-41-33(36)32-26(20-35(15-13-21(2)3)16-14-22(4)5)34-25-19-30(40-9)29(39-8)18-24(25)31(32)23-11-12-27(37-6)28(17-23)38-7/h11-12,17-19,21-22H,10,13-16,20H2,1-9H3. The summed E-state index contributed by atoms with van der Waals surface area (Å²) in [4.78, 5) is 21.3. The van der Waals surface area contributed by atoms with Crippen LogP contribution in [0.5, 0.6) is 23.0 Å². The first-order valence-electron chi connectivity index (χ1n) is 14.4. The minimum absolute atomic E-state index is 0.248. The van der Waals surface area contributed by atoms with E-state index in [4.69, 9.17) is 28.7 Å². The number of aromatic nitrogens is 1. The van der Waals surface area contributed by atoms with E-state index in [1.165, 1.54) is 0 Å². The molecule has 0 saturated heterocycles. The summed E-state index contributed by atoms with van der Waals surface area (Å²) in [6.45, 7) is 13.3. The SMILES string of the molecule is CCOC(=O)c1c(CN(CCC(C)C)CCC(C)C)nc2cc(OC)c(OC)cc2c1-c1ccc(OC)c(OC)c1. The van der Waals surface area contributed by atoms with Gasteiger partial charge in [-0.1, -0.05) is 33.8 Å². The van der Waals surface area contributed by atoms with Crippen molar-refractivity contribution in [2.45, 2.75) is 54.0 Å². The third-order valence-electron chi connectivity index (χ3n) is 7.14. The molecule has 41 heavy (non-hydrogen) atoms. The zero-order valence-electron chi connectivity index (χ0n) is 26.1. The van der Waals surface area contributed by atoms with Crippen LogP contribution in [0.25, 0.3) is 22.0 Å². The number of fused-ring (bicyclic) bond motifs is 1. The summed E-state index contributed by atoms with van der Waals surface area (Å²) in [5, 5.41) is 0.748. The maximum atomic E-state index is 13.8. The van der Waals surface area contributed by atoms with Gasteiger partial charge in [0, 0.05) is 23.6 Å². The first kappa shape index (κ1) is 32.0. The monoisotopic (exact) mass is 566 g/mol. The van der Waals surface area contributed by atoms with Crippen molar-refractivity contribution < 1.29 is 28.5 Å². The van der Waals surface area contributed by atoms with Gasteiger partial charge in [-0.25, -0.2) is 4.79 Å². The van der Waals surface area contributed by atoms with Crippen LogP contribution in [-0.2, 0) is 11.3 Å². The molecule has 2 aromatic carbocycles. The molecule has 0 saturated carbocycles. The van der Waals surface area contributed by atoms with Gasteiger partial charge in [-0.15, -0.1) is 0 Å². The number of carbonyl (C=O) groups is 1. The van der Waals surface area contributed by atoms with E-state index in [1.54, 1.807) is 28.4 Å². The van der Waals surface area contributed by atoms with Gasteiger partial charge in [0.25, 0.3) is 0 Å². The highest BCUT2D eigenvalue weighted by molar-refractivity contribution is 6.08. The quantitative estimate of drug-likeness (QED) is 0.182. The van der Waals surface area contributed by atoms with Gasteiger partial charge < -0.3 is 23.7 Å². The van der Waals surface area contributed by atoms with Crippen LogP contribution in [0, 0.1) is 11.8 Å². The Balaban J connectivity index is 2.38. The van der Waals surface area contributed by atoms with Crippen molar-refractivity contribution in [3.63, 3.8) is 0 Å². The van der Waals surface area contributed by atoms with Crippen molar-refractivity contribution in [1.82, 2.24) is 9.88 Å². The van der Waals surface area contributed by atoms with E-state index in [2.05, 4.69) is 32.6 Å². The van der Waals surface area contributed by atoms with Crippen LogP contribution >= 0.6 is 0 Å². The molecule has 0 aliphatic rings. The molecule has 0 aliphatic carbocycles. The lowest BCUT2D eigenvalue weighted by Crippen LogP contribution is -2.29. The molecule has 8 nitrogen and oxygen atoms in total. The lowest BCUT2D eigenvalue weighted by molar-refractivity contribution is 0.0524. The normalized spacial score (nSPS) is 11.4. The smallest absolute Gasteiger partial charge is 0.340 e. The van der Waals surface area contributed by atoms with Gasteiger partial charge in [0.05, 0.1) is 51.8 Å². The van der Waals surface area contributed by atoms with Crippen LogP contribution in [0.2, 0.25) is 0 Å². The van der Waals surface area contributed by atoms with Crippen molar-refractivity contribution in [2.75, 3.05) is 48.1 Å². The molecular formula is C33H46N2O6. The van der Waals surface area contributed by atoms with Crippen LogP contribution in [0.3, 0.4) is 0 Å². The number of ether oxygens (including phenoxy) is 5. The summed E-state index contributed by atoms with van der Waals surface area (Å²) in [6, 6.07) is 9.38. The predicted octanol–water partition coefficient (Wildman–Crippen LogP) is 7.01. The Kier molecular flexibility index (Phi) is 11.6. The average molecular weight is 567 g/mol. The number of rotatable bonds is 15. The molecule has 1 heterocycles. The van der Waals surface area contributed by atoms with Gasteiger partial charge >= 0.3 is 5.97 Å². The Morgan fingerprint density at radius 1 is 0.805 bits per heavy atom. The Bertz CT molecular complexity index is 1310. The summed E-state index contributed by atoms with van der Waals surface area (Å²) >= 11 is 0. The molecule has 0 radical (unpaired) electrons. The van der Waals surface area contributed by atoms with Crippen molar-refractivity contribution in [3.8, 4) is 34.1 Å². The molecule has 8 heteroatoms. The molecular weight excluding hydrogens is 520 g/mol. The number of hydrogen-bond donors (Lipinski definition) is 0. The van der Waals surface area contributed by atoms with Crippen LogP contribution in [0.1, 0.15) is 63.5 Å². The Labute approximate surface area is 244 Å². The van der Waals surface area contributed by atoms with Crippen molar-refractivity contribution in [1.29, 1.82) is 0 Å². The van der Waals surface area contributed by atoms with E-state index in [0.29, 0.717) is 63.7 Å². The number of methoxy groups -OCH3 is 4. The Hall–Kier alpha value is -3.52. The molecule has 0 bridgehead atoms. The number of pyridine rings is 1. The molecule has 0 N–H and O–H groups in total. The van der Waals surface area contributed by atoms with Gasteiger partial charge in [-0.2, -0.15) is 0 Å². The molecule has 0 aliphatic heterocycles. The van der Waals surface area contributed by atoms with E-state index in [-0.39, 0.29) is 6.61 Å². The van der Waals surface area contributed by atoms with E-state index in [9.17, 15) is 4.79 Å². The number of esters is 1. The van der Waals surface area contributed by atoms with Crippen LogP contribution in [0.4, 0.5) is 0 Å². The van der Waals surface area contributed by atoms with Crippen LogP contribution < -0.4 is 18.9 Å². The average Bonchev–Trinajstić information content (AvgIpc) is 2.96. The summed E-state index contributed by atoms with van der Waals surface area (Å²) in [7, 11) is 6.39. The van der Waals surface area contributed by atoms with Gasteiger partial charge in [0.15, 0.2) is 23.0 Å². The highest BCUT2D eigenvalue weighted by atomic mass is 16.5. The molecule has 3 rings (SSSR count). The molecule has 0 unspecified atom stereocenters. The largest absolute Gasteiger partial charge is 0.493 e. The van der Waals surface area contributed by atoms with Gasteiger partial charge in [0.1, 0.15) is 0 Å². The zero-order valence-corrected chi connectivity index (χ0v) is 26.1. The number of nitrogens with zero attached hydrogens (tertiary/aromatic N) is 2.